The number of nitrogens with one attached hydrogen (secondary N) is 1. The zero-order chi connectivity index (χ0) is 12.2. The van der Waals surface area contributed by atoms with Gasteiger partial charge in [0.05, 0.1) is 5.52 Å². The number of hydrogen-bond donors (Lipinski definition) is 2. The van der Waals surface area contributed by atoms with Crippen LogP contribution < -0.4 is 5.56 Å². The minimum absolute atomic E-state index is 0.120. The molecule has 86 valence electrons. The van der Waals surface area contributed by atoms with E-state index in [0.29, 0.717) is 0 Å². The maximum absolute atomic E-state index is 11.5. The molecule has 2 heterocycles. The van der Waals surface area contributed by atoms with E-state index < -0.39 is 0 Å². The summed E-state index contributed by atoms with van der Waals surface area (Å²) in [6, 6.07) is 6.77. The fourth-order valence-corrected chi connectivity index (χ4v) is 2.47. The minimum Gasteiger partial charge on any atom is -0.508 e. The van der Waals surface area contributed by atoms with Crippen molar-refractivity contribution in [1.29, 1.82) is 0 Å². The van der Waals surface area contributed by atoms with Crippen molar-refractivity contribution in [3.8, 4) is 5.75 Å². The van der Waals surface area contributed by atoms with Gasteiger partial charge in [0.1, 0.15) is 5.75 Å². The van der Waals surface area contributed by atoms with E-state index in [9.17, 15) is 9.90 Å². The molecule has 0 aliphatic heterocycles. The molecule has 3 rings (SSSR count). The summed E-state index contributed by atoms with van der Waals surface area (Å²) in [7, 11) is 1.95. The Labute approximate surface area is 97.1 Å². The maximum atomic E-state index is 11.5. The molecule has 2 aromatic heterocycles. The highest BCUT2D eigenvalue weighted by Gasteiger charge is 2.11. The Morgan fingerprint density at radius 1 is 1.24 bits per heavy atom. The number of aromatic amines is 1. The number of nitrogens with zero attached hydrogens (tertiary/aromatic N) is 1. The molecular weight excluding hydrogens is 216 g/mol. The van der Waals surface area contributed by atoms with E-state index in [1.54, 1.807) is 18.2 Å². The normalized spacial score (nSPS) is 11.4. The molecule has 0 radical (unpaired) electrons. The number of pyridine rings is 1. The Bertz CT molecular complexity index is 796. The van der Waals surface area contributed by atoms with Crippen LogP contribution >= 0.6 is 0 Å². The van der Waals surface area contributed by atoms with Crippen molar-refractivity contribution in [2.45, 2.75) is 6.92 Å². The van der Waals surface area contributed by atoms with E-state index in [2.05, 4.69) is 4.98 Å². The molecule has 1 aromatic carbocycles. The zero-order valence-electron chi connectivity index (χ0n) is 9.61. The molecule has 2 N–H and O–H groups in total. The number of aryl methyl sites for hydroxylation is 2. The van der Waals surface area contributed by atoms with Gasteiger partial charge in [0.15, 0.2) is 0 Å². The molecule has 17 heavy (non-hydrogen) atoms. The minimum atomic E-state index is -0.120. The molecule has 0 amide bonds. The monoisotopic (exact) mass is 228 g/mol. The van der Waals surface area contributed by atoms with Crippen LogP contribution in [0.15, 0.2) is 29.1 Å². The van der Waals surface area contributed by atoms with Crippen molar-refractivity contribution >= 4 is 21.8 Å². The molecule has 4 nitrogen and oxygen atoms in total. The third kappa shape index (κ3) is 1.27. The third-order valence-corrected chi connectivity index (χ3v) is 3.16. The van der Waals surface area contributed by atoms with E-state index in [1.165, 1.54) is 0 Å². The number of fused-ring (bicyclic) bond motifs is 3. The van der Waals surface area contributed by atoms with Gasteiger partial charge in [-0.15, -0.1) is 0 Å². The molecule has 0 saturated carbocycles. The van der Waals surface area contributed by atoms with Crippen LogP contribution in [0, 0.1) is 6.92 Å². The Kier molecular flexibility index (Phi) is 1.84. The van der Waals surface area contributed by atoms with Crippen molar-refractivity contribution in [1.82, 2.24) is 9.55 Å². The van der Waals surface area contributed by atoms with Gasteiger partial charge < -0.3 is 14.7 Å². The fourth-order valence-electron chi connectivity index (χ4n) is 2.47. The van der Waals surface area contributed by atoms with E-state index in [0.717, 1.165) is 27.5 Å². The van der Waals surface area contributed by atoms with Crippen molar-refractivity contribution in [3.05, 3.63) is 40.3 Å². The van der Waals surface area contributed by atoms with E-state index in [1.807, 2.05) is 24.6 Å². The number of aromatic nitrogens is 2. The summed E-state index contributed by atoms with van der Waals surface area (Å²) >= 11 is 0. The Morgan fingerprint density at radius 2 is 2.00 bits per heavy atom. The van der Waals surface area contributed by atoms with Crippen molar-refractivity contribution in [2.75, 3.05) is 0 Å². The highest BCUT2D eigenvalue weighted by Crippen LogP contribution is 2.30. The van der Waals surface area contributed by atoms with Crippen LogP contribution in [0.1, 0.15) is 5.69 Å². The van der Waals surface area contributed by atoms with Crippen LogP contribution in [0.5, 0.6) is 5.75 Å². The number of phenols is 1. The molecule has 0 aliphatic rings. The quantitative estimate of drug-likeness (QED) is 0.618. The largest absolute Gasteiger partial charge is 0.508 e. The molecule has 0 fully saturated rings. The van der Waals surface area contributed by atoms with Gasteiger partial charge in [-0.3, -0.25) is 4.79 Å². The standard InChI is InChI=1S/C13H12N2O2/c1-7-13-10(6-12(17)14-7)9-5-8(16)3-4-11(9)15(13)2/h3-6,16H,1-2H3,(H,14,17). The van der Waals surface area contributed by atoms with Gasteiger partial charge in [0.2, 0.25) is 5.56 Å². The Morgan fingerprint density at radius 3 is 2.76 bits per heavy atom. The molecule has 4 heteroatoms. The molecule has 0 aliphatic carbocycles. The Hall–Kier alpha value is -2.23. The lowest BCUT2D eigenvalue weighted by Crippen LogP contribution is -2.06. The number of aromatic hydroxyl groups is 1. The topological polar surface area (TPSA) is 58.0 Å². The molecule has 0 spiro atoms. The van der Waals surface area contributed by atoms with Gasteiger partial charge in [-0.25, -0.2) is 0 Å². The van der Waals surface area contributed by atoms with Crippen LogP contribution in [0.3, 0.4) is 0 Å². The van der Waals surface area contributed by atoms with Crippen molar-refractivity contribution in [3.63, 3.8) is 0 Å². The summed E-state index contributed by atoms with van der Waals surface area (Å²) in [5.41, 5.74) is 2.71. The molecule has 0 unspecified atom stereocenters. The van der Waals surface area contributed by atoms with Crippen LogP contribution in [0.25, 0.3) is 21.8 Å². The predicted molar refractivity (Wildman–Crippen MR) is 67.4 cm³/mol. The van der Waals surface area contributed by atoms with Gasteiger partial charge >= 0.3 is 0 Å². The van der Waals surface area contributed by atoms with E-state index in [-0.39, 0.29) is 11.3 Å². The van der Waals surface area contributed by atoms with Crippen LogP contribution in [-0.4, -0.2) is 14.7 Å². The molecule has 0 bridgehead atoms. The van der Waals surface area contributed by atoms with Crippen LogP contribution in [0.2, 0.25) is 0 Å². The van der Waals surface area contributed by atoms with Gasteiger partial charge in [-0.05, 0) is 25.1 Å². The lowest BCUT2D eigenvalue weighted by molar-refractivity contribution is 0.476. The number of hydrogen-bond acceptors (Lipinski definition) is 2. The first kappa shape index (κ1) is 9.96. The first-order chi connectivity index (χ1) is 8.08. The lowest BCUT2D eigenvalue weighted by atomic mass is 10.1. The average molecular weight is 228 g/mol. The van der Waals surface area contributed by atoms with Crippen molar-refractivity contribution < 1.29 is 5.11 Å². The van der Waals surface area contributed by atoms with Gasteiger partial charge in [-0.2, -0.15) is 0 Å². The number of phenolic OH excluding ortho intramolecular Hbond substituents is 1. The Balaban J connectivity index is 2.69. The molecule has 0 atom stereocenters. The number of rotatable bonds is 0. The molecule has 0 saturated heterocycles. The van der Waals surface area contributed by atoms with Crippen LogP contribution in [0.4, 0.5) is 0 Å². The smallest absolute Gasteiger partial charge is 0.248 e. The van der Waals surface area contributed by atoms with Gasteiger partial charge in [0.25, 0.3) is 0 Å². The van der Waals surface area contributed by atoms with Crippen LogP contribution in [-0.2, 0) is 7.05 Å². The first-order valence-electron chi connectivity index (χ1n) is 5.39. The summed E-state index contributed by atoms with van der Waals surface area (Å²) in [5.74, 6) is 0.211. The average Bonchev–Trinajstić information content (AvgIpc) is 2.52. The number of benzene rings is 1. The summed E-state index contributed by atoms with van der Waals surface area (Å²) in [5, 5.41) is 11.3. The van der Waals surface area contributed by atoms with E-state index in [4.69, 9.17) is 0 Å². The highest BCUT2D eigenvalue weighted by molar-refractivity contribution is 6.08. The summed E-state index contributed by atoms with van der Waals surface area (Å²) in [6.07, 6.45) is 0. The predicted octanol–water partition coefficient (Wildman–Crippen LogP) is 2.03. The summed E-state index contributed by atoms with van der Waals surface area (Å²) < 4.78 is 2.02. The molecule has 3 aromatic rings. The van der Waals surface area contributed by atoms with Gasteiger partial charge in [0, 0.05) is 35.1 Å². The second kappa shape index (κ2) is 3.13. The molecular formula is C13H12N2O2. The maximum Gasteiger partial charge on any atom is 0.248 e. The fraction of sp³-hybridized carbons (Fsp3) is 0.154. The van der Waals surface area contributed by atoms with Crippen molar-refractivity contribution in [2.24, 2.45) is 7.05 Å². The third-order valence-electron chi connectivity index (χ3n) is 3.16. The van der Waals surface area contributed by atoms with E-state index >= 15 is 0 Å². The SMILES string of the molecule is Cc1[nH]c(=O)cc2c3cc(O)ccc3n(C)c12. The summed E-state index contributed by atoms with van der Waals surface area (Å²) in [4.78, 5) is 14.3. The second-order valence-corrected chi connectivity index (χ2v) is 4.28. The highest BCUT2D eigenvalue weighted by atomic mass is 16.3. The lowest BCUT2D eigenvalue weighted by Gasteiger charge is -2.00. The number of H-pyrrole nitrogens is 1. The summed E-state index contributed by atoms with van der Waals surface area (Å²) in [6.45, 7) is 1.88. The second-order valence-electron chi connectivity index (χ2n) is 4.28. The first-order valence-corrected chi connectivity index (χ1v) is 5.39. The zero-order valence-corrected chi connectivity index (χ0v) is 9.61. The van der Waals surface area contributed by atoms with Gasteiger partial charge in [-0.1, -0.05) is 0 Å².